The number of furan rings is 1. The summed E-state index contributed by atoms with van der Waals surface area (Å²) in [5.41, 5.74) is 1.24. The van der Waals surface area contributed by atoms with Gasteiger partial charge in [0.15, 0.2) is 0 Å². The zero-order valence-corrected chi connectivity index (χ0v) is 9.68. The minimum Gasteiger partial charge on any atom is -0.449 e. The SMILES string of the molecule is C[C@H](NCc1ccc(C#N)o1)c1ccccc1. The van der Waals surface area contributed by atoms with Crippen molar-refractivity contribution in [1.29, 1.82) is 5.26 Å². The molecular formula is C14H14N2O. The number of nitrogens with zero attached hydrogens (tertiary/aromatic N) is 1. The third-order valence-corrected chi connectivity index (χ3v) is 2.65. The van der Waals surface area contributed by atoms with Crippen LogP contribution in [0.1, 0.15) is 30.0 Å². The van der Waals surface area contributed by atoms with Gasteiger partial charge in [0.25, 0.3) is 0 Å². The second kappa shape index (κ2) is 5.33. The topological polar surface area (TPSA) is 49.0 Å². The van der Waals surface area contributed by atoms with Gasteiger partial charge < -0.3 is 9.73 Å². The molecule has 3 heteroatoms. The lowest BCUT2D eigenvalue weighted by Crippen LogP contribution is -2.17. The molecule has 1 heterocycles. The Morgan fingerprint density at radius 2 is 2.00 bits per heavy atom. The van der Waals surface area contributed by atoms with Crippen molar-refractivity contribution in [1.82, 2.24) is 5.32 Å². The molecule has 17 heavy (non-hydrogen) atoms. The Bertz CT molecular complexity index is 511. The molecule has 0 saturated carbocycles. The van der Waals surface area contributed by atoms with Crippen LogP contribution in [0.3, 0.4) is 0 Å². The quantitative estimate of drug-likeness (QED) is 0.871. The average molecular weight is 226 g/mol. The molecule has 2 rings (SSSR count). The van der Waals surface area contributed by atoms with Crippen molar-refractivity contribution >= 4 is 0 Å². The molecule has 0 saturated heterocycles. The highest BCUT2D eigenvalue weighted by atomic mass is 16.3. The predicted molar refractivity (Wildman–Crippen MR) is 65.1 cm³/mol. The molecule has 1 N–H and O–H groups in total. The lowest BCUT2D eigenvalue weighted by Gasteiger charge is -2.12. The summed E-state index contributed by atoms with van der Waals surface area (Å²) in [4.78, 5) is 0. The van der Waals surface area contributed by atoms with Gasteiger partial charge in [-0.05, 0) is 24.6 Å². The van der Waals surface area contributed by atoms with Crippen molar-refractivity contribution in [2.24, 2.45) is 0 Å². The van der Waals surface area contributed by atoms with Crippen LogP contribution in [0.15, 0.2) is 46.9 Å². The largest absolute Gasteiger partial charge is 0.449 e. The molecule has 86 valence electrons. The molecule has 0 aliphatic carbocycles. The highest BCUT2D eigenvalue weighted by molar-refractivity contribution is 5.20. The van der Waals surface area contributed by atoms with Gasteiger partial charge >= 0.3 is 0 Å². The maximum absolute atomic E-state index is 8.64. The number of nitriles is 1. The van der Waals surface area contributed by atoms with E-state index < -0.39 is 0 Å². The first-order valence-electron chi connectivity index (χ1n) is 5.57. The summed E-state index contributed by atoms with van der Waals surface area (Å²) in [7, 11) is 0. The van der Waals surface area contributed by atoms with E-state index in [2.05, 4.69) is 24.4 Å². The highest BCUT2D eigenvalue weighted by Crippen LogP contribution is 2.13. The van der Waals surface area contributed by atoms with Crippen molar-refractivity contribution < 1.29 is 4.42 Å². The smallest absolute Gasteiger partial charge is 0.203 e. The van der Waals surface area contributed by atoms with Crippen LogP contribution in [0.2, 0.25) is 0 Å². The number of nitrogens with one attached hydrogen (secondary N) is 1. The Labute approximate surface area is 101 Å². The van der Waals surface area contributed by atoms with Crippen LogP contribution in [0.5, 0.6) is 0 Å². The van der Waals surface area contributed by atoms with Gasteiger partial charge in [0, 0.05) is 6.04 Å². The highest BCUT2D eigenvalue weighted by Gasteiger charge is 2.06. The fraction of sp³-hybridized carbons (Fsp3) is 0.214. The van der Waals surface area contributed by atoms with Crippen LogP contribution in [-0.2, 0) is 6.54 Å². The first-order chi connectivity index (χ1) is 8.29. The van der Waals surface area contributed by atoms with E-state index >= 15 is 0 Å². The van der Waals surface area contributed by atoms with E-state index in [4.69, 9.17) is 9.68 Å². The summed E-state index contributed by atoms with van der Waals surface area (Å²) in [5.74, 6) is 1.14. The van der Waals surface area contributed by atoms with E-state index in [9.17, 15) is 0 Å². The van der Waals surface area contributed by atoms with Gasteiger partial charge in [-0.3, -0.25) is 0 Å². The Hall–Kier alpha value is -2.05. The van der Waals surface area contributed by atoms with Gasteiger partial charge in [-0.2, -0.15) is 5.26 Å². The molecule has 3 nitrogen and oxygen atoms in total. The van der Waals surface area contributed by atoms with Gasteiger partial charge in [0.05, 0.1) is 6.54 Å². The van der Waals surface area contributed by atoms with Crippen LogP contribution in [0.25, 0.3) is 0 Å². The number of hydrogen-bond donors (Lipinski definition) is 1. The minimum absolute atomic E-state index is 0.256. The third kappa shape index (κ3) is 2.96. The second-order valence-electron chi connectivity index (χ2n) is 3.89. The fourth-order valence-corrected chi connectivity index (χ4v) is 1.65. The average Bonchev–Trinajstić information content (AvgIpc) is 2.85. The number of rotatable bonds is 4. The van der Waals surface area contributed by atoms with E-state index in [1.165, 1.54) is 5.56 Å². The van der Waals surface area contributed by atoms with Crippen LogP contribution >= 0.6 is 0 Å². The van der Waals surface area contributed by atoms with Gasteiger partial charge in [0.2, 0.25) is 5.76 Å². The Balaban J connectivity index is 1.92. The molecule has 0 aliphatic heterocycles. The normalized spacial score (nSPS) is 12.0. The van der Waals surface area contributed by atoms with Gasteiger partial charge in [-0.1, -0.05) is 30.3 Å². The molecule has 0 amide bonds. The van der Waals surface area contributed by atoms with Gasteiger partial charge in [0.1, 0.15) is 11.8 Å². The number of hydrogen-bond acceptors (Lipinski definition) is 3. The molecule has 1 atom stereocenters. The van der Waals surface area contributed by atoms with E-state index in [1.54, 1.807) is 6.07 Å². The molecule has 0 bridgehead atoms. The zero-order chi connectivity index (χ0) is 12.1. The van der Waals surface area contributed by atoms with E-state index in [0.717, 1.165) is 5.76 Å². The molecule has 0 spiro atoms. The van der Waals surface area contributed by atoms with Crippen LogP contribution in [-0.4, -0.2) is 0 Å². The molecule has 2 aromatic rings. The zero-order valence-electron chi connectivity index (χ0n) is 9.68. The standard InChI is InChI=1S/C14H14N2O/c1-11(12-5-3-2-4-6-12)16-10-14-8-7-13(9-15)17-14/h2-8,11,16H,10H2,1H3/t11-/m0/s1. The van der Waals surface area contributed by atoms with Crippen molar-refractivity contribution in [2.45, 2.75) is 19.5 Å². The van der Waals surface area contributed by atoms with Crippen LogP contribution in [0.4, 0.5) is 0 Å². The number of benzene rings is 1. The Morgan fingerprint density at radius 1 is 1.24 bits per heavy atom. The summed E-state index contributed by atoms with van der Waals surface area (Å²) in [6.07, 6.45) is 0. The summed E-state index contributed by atoms with van der Waals surface area (Å²) in [6.45, 7) is 2.72. The van der Waals surface area contributed by atoms with Crippen molar-refractivity contribution in [3.63, 3.8) is 0 Å². The third-order valence-electron chi connectivity index (χ3n) is 2.65. The van der Waals surface area contributed by atoms with Crippen LogP contribution in [0, 0.1) is 11.3 Å². The maximum atomic E-state index is 8.64. The first kappa shape index (κ1) is 11.4. The summed E-state index contributed by atoms with van der Waals surface area (Å²) < 4.78 is 5.30. The van der Waals surface area contributed by atoms with Crippen LogP contribution < -0.4 is 5.32 Å². The maximum Gasteiger partial charge on any atom is 0.203 e. The molecule has 0 radical (unpaired) electrons. The van der Waals surface area contributed by atoms with Crippen molar-refractivity contribution in [2.75, 3.05) is 0 Å². The van der Waals surface area contributed by atoms with Gasteiger partial charge in [-0.25, -0.2) is 0 Å². The summed E-state index contributed by atoms with van der Waals surface area (Å²) >= 11 is 0. The van der Waals surface area contributed by atoms with Crippen molar-refractivity contribution in [3.05, 3.63) is 59.5 Å². The van der Waals surface area contributed by atoms with E-state index in [1.807, 2.05) is 30.3 Å². The van der Waals surface area contributed by atoms with Gasteiger partial charge in [-0.15, -0.1) is 0 Å². The fourth-order valence-electron chi connectivity index (χ4n) is 1.65. The monoisotopic (exact) mass is 226 g/mol. The second-order valence-corrected chi connectivity index (χ2v) is 3.89. The Morgan fingerprint density at radius 3 is 2.65 bits per heavy atom. The molecule has 0 fully saturated rings. The molecule has 1 aromatic heterocycles. The minimum atomic E-state index is 0.256. The Kier molecular flexibility index (Phi) is 3.59. The lowest BCUT2D eigenvalue weighted by atomic mass is 10.1. The summed E-state index contributed by atoms with van der Waals surface area (Å²) in [5, 5.41) is 12.0. The first-order valence-corrected chi connectivity index (χ1v) is 5.57. The molecule has 0 aliphatic rings. The van der Waals surface area contributed by atoms with E-state index in [0.29, 0.717) is 12.3 Å². The molecular weight excluding hydrogens is 212 g/mol. The molecule has 1 aromatic carbocycles. The molecule has 0 unspecified atom stereocenters. The van der Waals surface area contributed by atoms with E-state index in [-0.39, 0.29) is 6.04 Å². The predicted octanol–water partition coefficient (Wildman–Crippen LogP) is 3.00. The lowest BCUT2D eigenvalue weighted by molar-refractivity contribution is 0.453. The summed E-state index contributed by atoms with van der Waals surface area (Å²) in [6, 6.07) is 15.9. The van der Waals surface area contributed by atoms with Crippen molar-refractivity contribution in [3.8, 4) is 6.07 Å².